The van der Waals surface area contributed by atoms with E-state index in [-0.39, 0.29) is 5.78 Å². The molecule has 3 atom stereocenters. The number of Topliss-reactive ketones (excluding diaryl/α,β-unsaturated/α-hetero) is 1. The molecule has 0 aliphatic carbocycles. The minimum absolute atomic E-state index is 0.0963. The molecule has 1 fully saturated rings. The highest BCUT2D eigenvalue weighted by molar-refractivity contribution is 9.10. The zero-order valence-corrected chi connectivity index (χ0v) is 18.6. The Balaban J connectivity index is 1.79. The molecule has 0 radical (unpaired) electrons. The predicted octanol–water partition coefficient (Wildman–Crippen LogP) is 5.73. The number of hydrogen-bond acceptors (Lipinski definition) is 4. The summed E-state index contributed by atoms with van der Waals surface area (Å²) >= 11 is 3.52. The summed E-state index contributed by atoms with van der Waals surface area (Å²) in [5, 5.41) is 20.8. The summed E-state index contributed by atoms with van der Waals surface area (Å²) in [6.45, 7) is 0. The number of ketones is 1. The van der Waals surface area contributed by atoms with Crippen LogP contribution < -0.4 is 4.90 Å². The first-order chi connectivity index (χ1) is 15.6. The lowest BCUT2D eigenvalue weighted by atomic mass is 9.69. The van der Waals surface area contributed by atoms with Gasteiger partial charge in [-0.2, -0.15) is 10.5 Å². The molecule has 5 heteroatoms. The van der Waals surface area contributed by atoms with Crippen LogP contribution in [0.1, 0.15) is 27.4 Å². The Hall–Kier alpha value is -3.67. The third-order valence-electron chi connectivity index (χ3n) is 6.45. The fourth-order valence-electron chi connectivity index (χ4n) is 5.07. The molecule has 2 heterocycles. The highest BCUT2D eigenvalue weighted by atomic mass is 79.9. The number of hydrogen-bond donors (Lipinski definition) is 0. The van der Waals surface area contributed by atoms with E-state index in [9.17, 15) is 15.3 Å². The van der Waals surface area contributed by atoms with Gasteiger partial charge in [-0.25, -0.2) is 0 Å². The van der Waals surface area contributed by atoms with Gasteiger partial charge in [-0.3, -0.25) is 4.79 Å². The minimum atomic E-state index is -1.42. The zero-order chi connectivity index (χ0) is 22.3. The van der Waals surface area contributed by atoms with Gasteiger partial charge in [0.05, 0.1) is 18.2 Å². The smallest absolute Gasteiger partial charge is 0.185 e. The normalized spacial score (nSPS) is 22.3. The highest BCUT2D eigenvalue weighted by Crippen LogP contribution is 2.55. The number of rotatable bonds is 3. The first-order valence-electron chi connectivity index (χ1n) is 10.3. The molecule has 0 bridgehead atoms. The fourth-order valence-corrected chi connectivity index (χ4v) is 5.45. The molecule has 1 saturated heterocycles. The van der Waals surface area contributed by atoms with Crippen molar-refractivity contribution in [3.05, 3.63) is 106 Å². The number of halogens is 1. The Morgan fingerprint density at radius 3 is 2.25 bits per heavy atom. The lowest BCUT2D eigenvalue weighted by Gasteiger charge is -2.35. The molecule has 2 aliphatic rings. The van der Waals surface area contributed by atoms with Crippen molar-refractivity contribution in [2.45, 2.75) is 18.0 Å². The topological polar surface area (TPSA) is 67.9 Å². The maximum atomic E-state index is 14.0. The minimum Gasteiger partial charge on any atom is -0.351 e. The van der Waals surface area contributed by atoms with Gasteiger partial charge in [0.15, 0.2) is 11.2 Å². The molecule has 3 aromatic carbocycles. The molecule has 5 rings (SSSR count). The van der Waals surface area contributed by atoms with Gasteiger partial charge < -0.3 is 4.90 Å². The van der Waals surface area contributed by atoms with E-state index >= 15 is 0 Å². The zero-order valence-electron chi connectivity index (χ0n) is 17.0. The van der Waals surface area contributed by atoms with Crippen LogP contribution in [-0.2, 0) is 0 Å². The van der Waals surface area contributed by atoms with Gasteiger partial charge in [0.1, 0.15) is 6.04 Å². The number of nitriles is 2. The van der Waals surface area contributed by atoms with E-state index in [1.807, 2.05) is 83.8 Å². The van der Waals surface area contributed by atoms with Crippen molar-refractivity contribution in [1.82, 2.24) is 0 Å². The Bertz CT molecular complexity index is 1290. The Morgan fingerprint density at radius 2 is 1.59 bits per heavy atom. The number of benzene rings is 3. The third-order valence-corrected chi connectivity index (χ3v) is 6.95. The van der Waals surface area contributed by atoms with E-state index in [2.05, 4.69) is 28.1 Å². The largest absolute Gasteiger partial charge is 0.351 e. The van der Waals surface area contributed by atoms with Gasteiger partial charge >= 0.3 is 0 Å². The number of carbonyl (C=O) groups is 1. The molecule has 3 aromatic rings. The van der Waals surface area contributed by atoms with Crippen molar-refractivity contribution >= 4 is 33.5 Å². The third kappa shape index (κ3) is 2.90. The van der Waals surface area contributed by atoms with E-state index in [0.717, 1.165) is 21.3 Å². The predicted molar refractivity (Wildman–Crippen MR) is 127 cm³/mol. The Labute approximate surface area is 195 Å². The maximum Gasteiger partial charge on any atom is 0.185 e. The molecule has 0 saturated carbocycles. The van der Waals surface area contributed by atoms with Crippen LogP contribution in [0.25, 0.3) is 6.08 Å². The van der Waals surface area contributed by atoms with Crippen LogP contribution in [0.3, 0.4) is 0 Å². The molecule has 0 aromatic heterocycles. The summed E-state index contributed by atoms with van der Waals surface area (Å²) in [6, 6.07) is 27.9. The van der Waals surface area contributed by atoms with Crippen molar-refractivity contribution in [1.29, 1.82) is 10.5 Å². The van der Waals surface area contributed by atoms with E-state index in [1.165, 1.54) is 0 Å². The second-order valence-electron chi connectivity index (χ2n) is 8.07. The van der Waals surface area contributed by atoms with Crippen molar-refractivity contribution in [3.63, 3.8) is 0 Å². The molecule has 4 nitrogen and oxygen atoms in total. The lowest BCUT2D eigenvalue weighted by molar-refractivity contribution is 0.0951. The average Bonchev–Trinajstić information content (AvgIpc) is 3.15. The van der Waals surface area contributed by atoms with E-state index in [1.54, 1.807) is 12.1 Å². The Kier molecular flexibility index (Phi) is 4.93. The van der Waals surface area contributed by atoms with E-state index in [4.69, 9.17) is 0 Å². The van der Waals surface area contributed by atoms with Crippen molar-refractivity contribution < 1.29 is 4.79 Å². The number of anilines is 1. The summed E-state index contributed by atoms with van der Waals surface area (Å²) in [4.78, 5) is 16.0. The number of fused-ring (bicyclic) bond motifs is 3. The van der Waals surface area contributed by atoms with Gasteiger partial charge in [0.25, 0.3) is 0 Å². The van der Waals surface area contributed by atoms with Crippen LogP contribution in [0.2, 0.25) is 0 Å². The molecule has 154 valence electrons. The summed E-state index contributed by atoms with van der Waals surface area (Å²) in [7, 11) is 0. The average molecular weight is 480 g/mol. The molecular weight excluding hydrogens is 462 g/mol. The second-order valence-corrected chi connectivity index (χ2v) is 8.99. The van der Waals surface area contributed by atoms with Crippen molar-refractivity contribution in [3.8, 4) is 12.1 Å². The summed E-state index contributed by atoms with van der Waals surface area (Å²) in [5.41, 5.74) is 1.75. The van der Waals surface area contributed by atoms with Crippen LogP contribution in [0.15, 0.2) is 89.4 Å². The second kappa shape index (κ2) is 7.79. The quantitative estimate of drug-likeness (QED) is 0.449. The van der Waals surface area contributed by atoms with Gasteiger partial charge in [-0.05, 0) is 29.3 Å². The van der Waals surface area contributed by atoms with Gasteiger partial charge in [0.2, 0.25) is 0 Å². The molecule has 2 aliphatic heterocycles. The number of nitrogens with zero attached hydrogens (tertiary/aromatic N) is 3. The lowest BCUT2D eigenvalue weighted by Crippen LogP contribution is -2.44. The monoisotopic (exact) mass is 479 g/mol. The molecule has 0 spiro atoms. The summed E-state index contributed by atoms with van der Waals surface area (Å²) in [6.07, 6.45) is 3.84. The molecular formula is C27H18BrN3O. The van der Waals surface area contributed by atoms with Crippen molar-refractivity contribution in [2.75, 3.05) is 4.90 Å². The van der Waals surface area contributed by atoms with Crippen LogP contribution in [0, 0.1) is 28.1 Å². The molecule has 0 N–H and O–H groups in total. The van der Waals surface area contributed by atoms with E-state index in [0.29, 0.717) is 5.56 Å². The van der Waals surface area contributed by atoms with Crippen LogP contribution in [0.5, 0.6) is 0 Å². The number of carbonyl (C=O) groups excluding carboxylic acids is 1. The standard InChI is InChI=1S/C27H18BrN3O/c28-21-12-13-22-20(15-21)11-14-23-27(16-29,17-30)24(18-7-3-1-4-8-18)25(31(22)23)26(32)19-9-5-2-6-10-19/h1-15,23-25H. The van der Waals surface area contributed by atoms with Crippen molar-refractivity contribution in [2.24, 2.45) is 5.41 Å². The van der Waals surface area contributed by atoms with Crippen LogP contribution in [-0.4, -0.2) is 17.9 Å². The fraction of sp³-hybridized carbons (Fsp3) is 0.148. The first kappa shape index (κ1) is 20.2. The molecule has 0 amide bonds. The van der Waals surface area contributed by atoms with Gasteiger partial charge in [-0.15, -0.1) is 0 Å². The van der Waals surface area contributed by atoms with Crippen LogP contribution >= 0.6 is 15.9 Å². The highest BCUT2D eigenvalue weighted by Gasteiger charge is 2.63. The van der Waals surface area contributed by atoms with Crippen LogP contribution in [0.4, 0.5) is 5.69 Å². The maximum absolute atomic E-state index is 14.0. The molecule has 32 heavy (non-hydrogen) atoms. The van der Waals surface area contributed by atoms with E-state index < -0.39 is 23.4 Å². The Morgan fingerprint density at radius 1 is 0.938 bits per heavy atom. The van der Waals surface area contributed by atoms with Gasteiger partial charge in [0, 0.05) is 21.6 Å². The van der Waals surface area contributed by atoms with Gasteiger partial charge in [-0.1, -0.05) is 88.7 Å². The summed E-state index contributed by atoms with van der Waals surface area (Å²) < 4.78 is 0.927. The molecule has 3 unspecified atom stereocenters. The summed E-state index contributed by atoms with van der Waals surface area (Å²) in [5.74, 6) is -0.711. The first-order valence-corrected chi connectivity index (χ1v) is 11.1. The SMILES string of the molecule is N#CC1(C#N)C(c2ccccc2)C(C(=O)c2ccccc2)N2c3ccc(Br)cc3C=CC21.